The SMILES string of the molecule is CCOC(=O)c1ccc(NC(=O)N[C@@H](Cc2ccc(OC(C)(C)C)cc2)C(=O)NC2CCN(Cc3ccc(O)cc3)C2)cc1. The smallest absolute Gasteiger partial charge is 0.338 e. The van der Waals surface area contributed by atoms with Crippen molar-refractivity contribution in [3.05, 3.63) is 89.5 Å². The summed E-state index contributed by atoms with van der Waals surface area (Å²) >= 11 is 0. The summed E-state index contributed by atoms with van der Waals surface area (Å²) in [5.41, 5.74) is 2.46. The van der Waals surface area contributed by atoms with Crippen LogP contribution < -0.4 is 20.7 Å². The molecule has 0 bridgehead atoms. The Hall–Kier alpha value is -4.57. The minimum atomic E-state index is -0.839. The highest BCUT2D eigenvalue weighted by molar-refractivity contribution is 5.95. The van der Waals surface area contributed by atoms with Crippen LogP contribution in [0.25, 0.3) is 0 Å². The molecule has 3 amide bonds. The van der Waals surface area contributed by atoms with Crippen molar-refractivity contribution in [2.24, 2.45) is 0 Å². The number of phenolic OH excluding ortho intramolecular Hbond substituents is 1. The number of carbonyl (C=O) groups is 3. The molecule has 1 aliphatic rings. The molecule has 0 radical (unpaired) electrons. The minimum Gasteiger partial charge on any atom is -0.508 e. The van der Waals surface area contributed by atoms with E-state index in [4.69, 9.17) is 9.47 Å². The van der Waals surface area contributed by atoms with Crippen molar-refractivity contribution in [1.29, 1.82) is 0 Å². The molecule has 234 valence electrons. The number of amides is 3. The standard InChI is InChI=1S/C34H42N4O6/c1-5-43-32(41)25-10-12-26(13-11-25)36-33(42)37-30(20-23-8-16-29(17-9-23)44-34(2,3)4)31(40)35-27-18-19-38(22-27)21-24-6-14-28(39)15-7-24/h6-17,27,30,39H,5,18-22H2,1-4H3,(H,35,40)(H2,36,37,42)/t27?,30-/m0/s1. The zero-order valence-corrected chi connectivity index (χ0v) is 25.8. The third-order valence-corrected chi connectivity index (χ3v) is 7.02. The molecule has 4 rings (SSSR count). The monoisotopic (exact) mass is 602 g/mol. The predicted molar refractivity (Wildman–Crippen MR) is 169 cm³/mol. The van der Waals surface area contributed by atoms with Gasteiger partial charge in [0.15, 0.2) is 0 Å². The normalized spacial score (nSPS) is 15.7. The first-order valence-electron chi connectivity index (χ1n) is 14.9. The number of ether oxygens (including phenoxy) is 2. The quantitative estimate of drug-likeness (QED) is 0.231. The lowest BCUT2D eigenvalue weighted by Crippen LogP contribution is -2.52. The number of rotatable bonds is 11. The average Bonchev–Trinajstić information content (AvgIpc) is 3.41. The maximum Gasteiger partial charge on any atom is 0.338 e. The molecule has 3 aromatic rings. The molecule has 1 heterocycles. The van der Waals surface area contributed by atoms with Gasteiger partial charge in [-0.15, -0.1) is 0 Å². The van der Waals surface area contributed by atoms with Gasteiger partial charge in [0.1, 0.15) is 23.1 Å². The number of carbonyl (C=O) groups excluding carboxylic acids is 3. The van der Waals surface area contributed by atoms with Crippen molar-refractivity contribution < 1.29 is 29.0 Å². The Bertz CT molecular complexity index is 1400. The molecular formula is C34H42N4O6. The van der Waals surface area contributed by atoms with Crippen LogP contribution >= 0.6 is 0 Å². The number of esters is 1. The highest BCUT2D eigenvalue weighted by Gasteiger charge is 2.28. The molecule has 0 aromatic heterocycles. The van der Waals surface area contributed by atoms with Gasteiger partial charge in [0, 0.05) is 37.8 Å². The van der Waals surface area contributed by atoms with Crippen LogP contribution in [0.5, 0.6) is 11.5 Å². The summed E-state index contributed by atoms with van der Waals surface area (Å²) in [6.07, 6.45) is 1.06. The topological polar surface area (TPSA) is 129 Å². The first-order chi connectivity index (χ1) is 21.0. The Kier molecular flexibility index (Phi) is 10.8. The summed E-state index contributed by atoms with van der Waals surface area (Å²) in [6, 6.07) is 19.5. The van der Waals surface area contributed by atoms with Crippen molar-refractivity contribution in [2.75, 3.05) is 25.0 Å². The Morgan fingerprint density at radius 1 is 0.955 bits per heavy atom. The van der Waals surface area contributed by atoms with Crippen molar-refractivity contribution >= 4 is 23.6 Å². The summed E-state index contributed by atoms with van der Waals surface area (Å²) in [4.78, 5) is 40.8. The van der Waals surface area contributed by atoms with E-state index in [1.807, 2.05) is 57.2 Å². The lowest BCUT2D eigenvalue weighted by atomic mass is 10.0. The van der Waals surface area contributed by atoms with Gasteiger partial charge in [-0.1, -0.05) is 24.3 Å². The zero-order valence-electron chi connectivity index (χ0n) is 25.8. The molecule has 44 heavy (non-hydrogen) atoms. The Morgan fingerprint density at radius 3 is 2.25 bits per heavy atom. The molecular weight excluding hydrogens is 560 g/mol. The van der Waals surface area contributed by atoms with E-state index in [0.717, 1.165) is 29.8 Å². The zero-order chi connectivity index (χ0) is 31.7. The van der Waals surface area contributed by atoms with E-state index in [9.17, 15) is 19.5 Å². The van der Waals surface area contributed by atoms with Gasteiger partial charge in [0.25, 0.3) is 0 Å². The molecule has 10 heteroatoms. The van der Waals surface area contributed by atoms with E-state index in [0.29, 0.717) is 24.3 Å². The van der Waals surface area contributed by atoms with E-state index in [1.165, 1.54) is 0 Å². The number of hydrogen-bond acceptors (Lipinski definition) is 7. The maximum absolute atomic E-state index is 13.6. The second kappa shape index (κ2) is 14.7. The molecule has 0 spiro atoms. The van der Waals surface area contributed by atoms with Gasteiger partial charge < -0.3 is 30.5 Å². The molecule has 1 saturated heterocycles. The number of likely N-dealkylation sites (tertiary alicyclic amines) is 1. The van der Waals surface area contributed by atoms with Gasteiger partial charge in [-0.05, 0) is 93.8 Å². The maximum atomic E-state index is 13.6. The number of urea groups is 1. The number of aromatic hydroxyl groups is 1. The molecule has 1 aliphatic heterocycles. The summed E-state index contributed by atoms with van der Waals surface area (Å²) < 4.78 is 10.9. The number of phenols is 1. The van der Waals surface area contributed by atoms with Gasteiger partial charge in [-0.25, -0.2) is 9.59 Å². The van der Waals surface area contributed by atoms with Crippen LogP contribution in [0.15, 0.2) is 72.8 Å². The van der Waals surface area contributed by atoms with Crippen molar-refractivity contribution in [3.8, 4) is 11.5 Å². The van der Waals surface area contributed by atoms with Gasteiger partial charge >= 0.3 is 12.0 Å². The second-order valence-corrected chi connectivity index (χ2v) is 11.9. The van der Waals surface area contributed by atoms with Crippen molar-refractivity contribution in [1.82, 2.24) is 15.5 Å². The molecule has 0 aliphatic carbocycles. The Morgan fingerprint density at radius 2 is 1.61 bits per heavy atom. The van der Waals surface area contributed by atoms with E-state index in [-0.39, 0.29) is 36.3 Å². The fraction of sp³-hybridized carbons (Fsp3) is 0.382. The third-order valence-electron chi connectivity index (χ3n) is 7.02. The van der Waals surface area contributed by atoms with Gasteiger partial charge in [0.05, 0.1) is 12.2 Å². The van der Waals surface area contributed by atoms with Gasteiger partial charge in [-0.3, -0.25) is 9.69 Å². The number of anilines is 1. The van der Waals surface area contributed by atoms with E-state index < -0.39 is 18.0 Å². The second-order valence-electron chi connectivity index (χ2n) is 11.9. The highest BCUT2D eigenvalue weighted by atomic mass is 16.5. The number of nitrogens with one attached hydrogen (secondary N) is 3. The van der Waals surface area contributed by atoms with E-state index in [2.05, 4.69) is 20.9 Å². The summed E-state index contributed by atoms with van der Waals surface area (Å²) in [5, 5.41) is 18.3. The van der Waals surface area contributed by atoms with Gasteiger partial charge in [-0.2, -0.15) is 0 Å². The largest absolute Gasteiger partial charge is 0.508 e. The lowest BCUT2D eigenvalue weighted by Gasteiger charge is -2.23. The van der Waals surface area contributed by atoms with Crippen LogP contribution in [-0.4, -0.2) is 65.3 Å². The third kappa shape index (κ3) is 10.0. The molecule has 0 saturated carbocycles. The molecule has 10 nitrogen and oxygen atoms in total. The van der Waals surface area contributed by atoms with E-state index >= 15 is 0 Å². The molecule has 4 N–H and O–H groups in total. The number of nitrogens with zero attached hydrogens (tertiary/aromatic N) is 1. The predicted octanol–water partition coefficient (Wildman–Crippen LogP) is 4.87. The molecule has 1 fully saturated rings. The van der Waals surface area contributed by atoms with Crippen molar-refractivity contribution in [3.63, 3.8) is 0 Å². The van der Waals surface area contributed by atoms with Crippen LogP contribution in [-0.2, 0) is 22.5 Å². The fourth-order valence-corrected chi connectivity index (χ4v) is 4.98. The van der Waals surface area contributed by atoms with Crippen LogP contribution in [0, 0.1) is 0 Å². The fourth-order valence-electron chi connectivity index (χ4n) is 4.98. The van der Waals surface area contributed by atoms with Gasteiger partial charge in [0.2, 0.25) is 5.91 Å². The summed E-state index contributed by atoms with van der Waals surface area (Å²) in [5.74, 6) is 0.240. The summed E-state index contributed by atoms with van der Waals surface area (Å²) in [7, 11) is 0. The van der Waals surface area contributed by atoms with Crippen molar-refractivity contribution in [2.45, 2.75) is 64.8 Å². The number of hydrogen-bond donors (Lipinski definition) is 4. The minimum absolute atomic E-state index is 0.0649. The average molecular weight is 603 g/mol. The first-order valence-corrected chi connectivity index (χ1v) is 14.9. The van der Waals surface area contributed by atoms with E-state index in [1.54, 1.807) is 43.3 Å². The number of benzene rings is 3. The molecule has 2 atom stereocenters. The lowest BCUT2D eigenvalue weighted by molar-refractivity contribution is -0.123. The first kappa shape index (κ1) is 32.3. The van der Waals surface area contributed by atoms with Crippen LogP contribution in [0.2, 0.25) is 0 Å². The summed E-state index contributed by atoms with van der Waals surface area (Å²) in [6.45, 7) is 10.1. The molecule has 1 unspecified atom stereocenters. The Balaban J connectivity index is 1.40. The van der Waals surface area contributed by atoms with Crippen LogP contribution in [0.4, 0.5) is 10.5 Å². The van der Waals surface area contributed by atoms with Crippen LogP contribution in [0.3, 0.4) is 0 Å². The highest BCUT2D eigenvalue weighted by Crippen LogP contribution is 2.20. The van der Waals surface area contributed by atoms with Crippen LogP contribution in [0.1, 0.15) is 55.6 Å². The molecule has 3 aromatic carbocycles. The Labute approximate surface area is 258 Å².